The third kappa shape index (κ3) is 2.79. The third-order valence-electron chi connectivity index (χ3n) is 2.64. The summed E-state index contributed by atoms with van der Waals surface area (Å²) in [5.74, 6) is -0.871. The largest absolute Gasteiger partial charge is 0.369 e. The number of hydrogen-bond donors (Lipinski definition) is 3. The Labute approximate surface area is 107 Å². The van der Waals surface area contributed by atoms with Crippen LogP contribution in [0.25, 0.3) is 0 Å². The van der Waals surface area contributed by atoms with Gasteiger partial charge in [-0.25, -0.2) is 5.32 Å². The molecule has 1 unspecified atom stereocenters. The molecular formula is C12H19N5O. The standard InChI is InChI=1S/C12H19N5O/c1-2-8-18-12(14)15-9-17(11(13)16-12)10-6-4-3-5-7-10/h3-7,15H,2,8-9,14H2,1H3,(H2,13,16). The summed E-state index contributed by atoms with van der Waals surface area (Å²) in [6, 6.07) is 9.76. The van der Waals surface area contributed by atoms with Crippen LogP contribution in [0, 0.1) is 0 Å². The van der Waals surface area contributed by atoms with Gasteiger partial charge in [0, 0.05) is 5.69 Å². The Balaban J connectivity index is 2.13. The van der Waals surface area contributed by atoms with Crippen molar-refractivity contribution in [3.8, 4) is 0 Å². The number of nitrogens with zero attached hydrogens (tertiary/aromatic N) is 2. The molecular weight excluding hydrogens is 230 g/mol. The lowest BCUT2D eigenvalue weighted by molar-refractivity contribution is -0.0621. The van der Waals surface area contributed by atoms with E-state index in [2.05, 4.69) is 10.3 Å². The molecule has 0 saturated heterocycles. The van der Waals surface area contributed by atoms with E-state index in [4.69, 9.17) is 16.2 Å². The fourth-order valence-corrected chi connectivity index (χ4v) is 1.72. The molecule has 2 rings (SSSR count). The third-order valence-corrected chi connectivity index (χ3v) is 2.64. The van der Waals surface area contributed by atoms with Crippen molar-refractivity contribution >= 4 is 11.6 Å². The zero-order valence-corrected chi connectivity index (χ0v) is 10.5. The minimum Gasteiger partial charge on any atom is -0.369 e. The molecule has 0 radical (unpaired) electrons. The topological polar surface area (TPSA) is 88.9 Å². The van der Waals surface area contributed by atoms with E-state index in [0.29, 0.717) is 19.2 Å². The lowest BCUT2D eigenvalue weighted by Gasteiger charge is -2.36. The first kappa shape index (κ1) is 12.8. The molecule has 0 fully saturated rings. The van der Waals surface area contributed by atoms with Crippen molar-refractivity contribution in [2.45, 2.75) is 19.3 Å². The van der Waals surface area contributed by atoms with Gasteiger partial charge in [-0.15, -0.1) is 0 Å². The molecule has 1 aromatic carbocycles. The minimum absolute atomic E-state index is 0.346. The Morgan fingerprint density at radius 3 is 2.78 bits per heavy atom. The summed E-state index contributed by atoms with van der Waals surface area (Å²) in [7, 11) is 0. The number of benzene rings is 1. The summed E-state index contributed by atoms with van der Waals surface area (Å²) in [4.78, 5) is 6.01. The van der Waals surface area contributed by atoms with Crippen molar-refractivity contribution in [2.75, 3.05) is 18.2 Å². The minimum atomic E-state index is -1.22. The van der Waals surface area contributed by atoms with Gasteiger partial charge in [0.15, 0.2) is 0 Å². The number of guanidine groups is 1. The van der Waals surface area contributed by atoms with E-state index in [9.17, 15) is 0 Å². The van der Waals surface area contributed by atoms with Crippen molar-refractivity contribution in [3.05, 3.63) is 30.3 Å². The number of hydrogen-bond acceptors (Lipinski definition) is 6. The summed E-state index contributed by atoms with van der Waals surface area (Å²) < 4.78 is 5.45. The maximum absolute atomic E-state index is 5.95. The molecule has 18 heavy (non-hydrogen) atoms. The summed E-state index contributed by atoms with van der Waals surface area (Å²) in [6.45, 7) is 3.00. The second-order valence-electron chi connectivity index (χ2n) is 4.11. The number of ether oxygens (including phenoxy) is 1. The van der Waals surface area contributed by atoms with Crippen molar-refractivity contribution in [2.24, 2.45) is 16.5 Å². The number of nitrogens with one attached hydrogen (secondary N) is 1. The molecule has 1 aliphatic rings. The van der Waals surface area contributed by atoms with E-state index in [1.165, 1.54) is 0 Å². The number of nitrogens with two attached hydrogens (primary N) is 2. The van der Waals surface area contributed by atoms with Gasteiger partial charge in [-0.3, -0.25) is 10.6 Å². The number of rotatable bonds is 4. The zero-order chi connectivity index (χ0) is 13.0. The van der Waals surface area contributed by atoms with Gasteiger partial charge in [-0.2, -0.15) is 4.99 Å². The van der Waals surface area contributed by atoms with E-state index in [1.54, 1.807) is 0 Å². The summed E-state index contributed by atoms with van der Waals surface area (Å²) in [5, 5.41) is 3.02. The molecule has 0 aliphatic carbocycles. The second-order valence-corrected chi connectivity index (χ2v) is 4.11. The van der Waals surface area contributed by atoms with E-state index in [0.717, 1.165) is 12.1 Å². The van der Waals surface area contributed by atoms with Crippen molar-refractivity contribution < 1.29 is 4.74 Å². The van der Waals surface area contributed by atoms with Crippen LogP contribution in [0.5, 0.6) is 0 Å². The van der Waals surface area contributed by atoms with Crippen LogP contribution in [0.1, 0.15) is 13.3 Å². The van der Waals surface area contributed by atoms with Crippen LogP contribution in [0.3, 0.4) is 0 Å². The Morgan fingerprint density at radius 2 is 2.17 bits per heavy atom. The van der Waals surface area contributed by atoms with E-state index in [1.807, 2.05) is 42.2 Å². The first-order valence-electron chi connectivity index (χ1n) is 6.00. The second kappa shape index (κ2) is 5.34. The molecule has 1 heterocycles. The lowest BCUT2D eigenvalue weighted by Crippen LogP contribution is -2.64. The van der Waals surface area contributed by atoms with Crippen molar-refractivity contribution in [1.29, 1.82) is 0 Å². The highest BCUT2D eigenvalue weighted by Crippen LogP contribution is 2.16. The molecule has 1 aliphatic heterocycles. The highest BCUT2D eigenvalue weighted by molar-refractivity contribution is 5.95. The average Bonchev–Trinajstić information content (AvgIpc) is 2.38. The van der Waals surface area contributed by atoms with Crippen LogP contribution < -0.4 is 21.7 Å². The molecule has 0 bridgehead atoms. The quantitative estimate of drug-likeness (QED) is 0.671. The Morgan fingerprint density at radius 1 is 1.44 bits per heavy atom. The van der Waals surface area contributed by atoms with Crippen LogP contribution in [-0.2, 0) is 4.74 Å². The van der Waals surface area contributed by atoms with Crippen LogP contribution in [0.4, 0.5) is 5.69 Å². The van der Waals surface area contributed by atoms with Crippen LogP contribution in [0.15, 0.2) is 35.3 Å². The van der Waals surface area contributed by atoms with Crippen LogP contribution in [0.2, 0.25) is 0 Å². The molecule has 0 spiro atoms. The molecule has 6 heteroatoms. The lowest BCUT2D eigenvalue weighted by atomic mass is 10.3. The molecule has 1 atom stereocenters. The first-order chi connectivity index (χ1) is 8.64. The smallest absolute Gasteiger partial charge is 0.279 e. The summed E-state index contributed by atoms with van der Waals surface area (Å²) in [6.07, 6.45) is 0.873. The van der Waals surface area contributed by atoms with Crippen molar-refractivity contribution in [3.63, 3.8) is 0 Å². The Bertz CT molecular complexity index is 422. The molecule has 1 aromatic rings. The van der Waals surface area contributed by atoms with Gasteiger partial charge < -0.3 is 10.5 Å². The maximum Gasteiger partial charge on any atom is 0.279 e. The number of aliphatic imine (C=N–C) groups is 1. The molecule has 0 saturated carbocycles. The van der Waals surface area contributed by atoms with Crippen molar-refractivity contribution in [1.82, 2.24) is 5.32 Å². The highest BCUT2D eigenvalue weighted by atomic mass is 16.5. The Hall–Kier alpha value is -1.63. The normalized spacial score (nSPS) is 23.9. The first-order valence-corrected chi connectivity index (χ1v) is 6.00. The molecule has 5 N–H and O–H groups in total. The van der Waals surface area contributed by atoms with Gasteiger partial charge in [-0.1, -0.05) is 25.1 Å². The number of para-hydroxylation sites is 1. The summed E-state index contributed by atoms with van der Waals surface area (Å²) >= 11 is 0. The van der Waals surface area contributed by atoms with Gasteiger partial charge in [0.05, 0.1) is 13.3 Å². The molecule has 98 valence electrons. The maximum atomic E-state index is 5.95. The van der Waals surface area contributed by atoms with Crippen LogP contribution in [-0.4, -0.2) is 25.2 Å². The monoisotopic (exact) mass is 249 g/mol. The SMILES string of the molecule is CCCOC1(N)N=C(N)N(c2ccccc2)CN1. The predicted octanol–water partition coefficient (Wildman–Crippen LogP) is 0.365. The van der Waals surface area contributed by atoms with Gasteiger partial charge in [-0.05, 0) is 18.6 Å². The van der Waals surface area contributed by atoms with Crippen LogP contribution >= 0.6 is 0 Å². The molecule has 0 aromatic heterocycles. The zero-order valence-electron chi connectivity index (χ0n) is 10.5. The Kier molecular flexibility index (Phi) is 3.81. The van der Waals surface area contributed by atoms with E-state index in [-0.39, 0.29) is 0 Å². The van der Waals surface area contributed by atoms with Gasteiger partial charge >= 0.3 is 0 Å². The highest BCUT2D eigenvalue weighted by Gasteiger charge is 2.31. The fraction of sp³-hybridized carbons (Fsp3) is 0.417. The van der Waals surface area contributed by atoms with Gasteiger partial charge in [0.1, 0.15) is 0 Å². The molecule has 0 amide bonds. The molecule has 6 nitrogen and oxygen atoms in total. The average molecular weight is 249 g/mol. The number of anilines is 1. The van der Waals surface area contributed by atoms with Gasteiger partial charge in [0.2, 0.25) is 5.96 Å². The van der Waals surface area contributed by atoms with E-state index >= 15 is 0 Å². The van der Waals surface area contributed by atoms with E-state index < -0.39 is 5.97 Å². The van der Waals surface area contributed by atoms with Gasteiger partial charge in [0.25, 0.3) is 5.97 Å². The summed E-state index contributed by atoms with van der Waals surface area (Å²) in [5.41, 5.74) is 12.8. The fourth-order valence-electron chi connectivity index (χ4n) is 1.72. The predicted molar refractivity (Wildman–Crippen MR) is 71.7 cm³/mol.